The summed E-state index contributed by atoms with van der Waals surface area (Å²) in [5.41, 5.74) is 0.545. The fraction of sp³-hybridized carbons (Fsp3) is 0.556. The SMILES string of the molecule is CCOC(=O)CC(NC(C)C)C(=O)c1ccc(OC(C)C)cc1. The minimum Gasteiger partial charge on any atom is -0.491 e. The molecule has 128 valence electrons. The fourth-order valence-electron chi connectivity index (χ4n) is 2.19. The summed E-state index contributed by atoms with van der Waals surface area (Å²) in [4.78, 5) is 24.4. The van der Waals surface area contributed by atoms with Crippen LogP contribution >= 0.6 is 0 Å². The number of nitrogens with one attached hydrogen (secondary N) is 1. The second-order valence-corrected chi connectivity index (χ2v) is 5.94. The van der Waals surface area contributed by atoms with E-state index in [-0.39, 0.29) is 30.3 Å². The summed E-state index contributed by atoms with van der Waals surface area (Å²) < 4.78 is 10.5. The Morgan fingerprint density at radius 1 is 1.09 bits per heavy atom. The van der Waals surface area contributed by atoms with Crippen molar-refractivity contribution in [1.82, 2.24) is 5.32 Å². The third-order valence-electron chi connectivity index (χ3n) is 3.04. The van der Waals surface area contributed by atoms with E-state index in [4.69, 9.17) is 9.47 Å². The third-order valence-corrected chi connectivity index (χ3v) is 3.04. The average molecular weight is 321 g/mol. The summed E-state index contributed by atoms with van der Waals surface area (Å²) in [6.45, 7) is 9.82. The minimum atomic E-state index is -0.592. The van der Waals surface area contributed by atoms with Crippen molar-refractivity contribution in [1.29, 1.82) is 0 Å². The van der Waals surface area contributed by atoms with E-state index in [0.29, 0.717) is 12.2 Å². The van der Waals surface area contributed by atoms with Crippen molar-refractivity contribution in [3.05, 3.63) is 29.8 Å². The summed E-state index contributed by atoms with van der Waals surface area (Å²) in [6, 6.07) is 6.47. The highest BCUT2D eigenvalue weighted by Crippen LogP contribution is 2.16. The van der Waals surface area contributed by atoms with E-state index in [0.717, 1.165) is 5.75 Å². The molecule has 0 aromatic heterocycles. The van der Waals surface area contributed by atoms with Gasteiger partial charge in [-0.2, -0.15) is 0 Å². The molecule has 1 aromatic rings. The third kappa shape index (κ3) is 6.82. The second kappa shape index (κ2) is 9.30. The maximum Gasteiger partial charge on any atom is 0.307 e. The van der Waals surface area contributed by atoms with E-state index < -0.39 is 6.04 Å². The molecular weight excluding hydrogens is 294 g/mol. The molecule has 0 bridgehead atoms. The van der Waals surface area contributed by atoms with Gasteiger partial charge in [0.1, 0.15) is 5.75 Å². The number of rotatable bonds is 9. The first-order valence-electron chi connectivity index (χ1n) is 8.06. The minimum absolute atomic E-state index is 0.0229. The first-order valence-corrected chi connectivity index (χ1v) is 8.06. The van der Waals surface area contributed by atoms with Crippen molar-refractivity contribution in [3.8, 4) is 5.75 Å². The fourth-order valence-corrected chi connectivity index (χ4v) is 2.19. The molecule has 1 rings (SSSR count). The van der Waals surface area contributed by atoms with Crippen LogP contribution in [0.1, 0.15) is 51.4 Å². The van der Waals surface area contributed by atoms with Gasteiger partial charge < -0.3 is 14.8 Å². The second-order valence-electron chi connectivity index (χ2n) is 5.94. The molecule has 5 nitrogen and oxygen atoms in total. The van der Waals surface area contributed by atoms with Gasteiger partial charge in [0.25, 0.3) is 0 Å². The summed E-state index contributed by atoms with van der Waals surface area (Å²) >= 11 is 0. The van der Waals surface area contributed by atoms with Crippen molar-refractivity contribution in [2.75, 3.05) is 6.61 Å². The highest BCUT2D eigenvalue weighted by molar-refractivity contribution is 6.01. The molecule has 1 aromatic carbocycles. The number of esters is 1. The summed E-state index contributed by atoms with van der Waals surface area (Å²) in [5.74, 6) is 0.219. The smallest absolute Gasteiger partial charge is 0.307 e. The van der Waals surface area contributed by atoms with Crippen LogP contribution in [-0.2, 0) is 9.53 Å². The lowest BCUT2D eigenvalue weighted by Gasteiger charge is -2.19. The van der Waals surface area contributed by atoms with Crippen molar-refractivity contribution < 1.29 is 19.1 Å². The Kier molecular flexibility index (Phi) is 7.75. The number of carbonyl (C=O) groups excluding carboxylic acids is 2. The molecule has 0 amide bonds. The van der Waals surface area contributed by atoms with Crippen LogP contribution in [0.2, 0.25) is 0 Å². The first-order chi connectivity index (χ1) is 10.8. The summed E-state index contributed by atoms with van der Waals surface area (Å²) in [7, 11) is 0. The van der Waals surface area contributed by atoms with Crippen molar-refractivity contribution >= 4 is 11.8 Å². The number of Topliss-reactive ketones (excluding diaryl/α,β-unsaturated/α-hetero) is 1. The van der Waals surface area contributed by atoms with Crippen LogP contribution in [0.15, 0.2) is 24.3 Å². The molecule has 5 heteroatoms. The lowest BCUT2D eigenvalue weighted by molar-refractivity contribution is -0.143. The lowest BCUT2D eigenvalue weighted by Crippen LogP contribution is -2.42. The zero-order valence-electron chi connectivity index (χ0n) is 14.6. The monoisotopic (exact) mass is 321 g/mol. The van der Waals surface area contributed by atoms with Crippen LogP contribution < -0.4 is 10.1 Å². The van der Waals surface area contributed by atoms with Crippen LogP contribution in [0, 0.1) is 0 Å². The Bertz CT molecular complexity index is 508. The van der Waals surface area contributed by atoms with Crippen LogP contribution in [0.4, 0.5) is 0 Å². The lowest BCUT2D eigenvalue weighted by atomic mass is 10.0. The molecule has 1 atom stereocenters. The van der Waals surface area contributed by atoms with Gasteiger partial charge in [0.05, 0.1) is 25.2 Å². The van der Waals surface area contributed by atoms with Gasteiger partial charge in [-0.05, 0) is 45.0 Å². The van der Waals surface area contributed by atoms with Gasteiger partial charge in [0.15, 0.2) is 5.78 Å². The van der Waals surface area contributed by atoms with Crippen LogP contribution in [0.3, 0.4) is 0 Å². The Hall–Kier alpha value is -1.88. The summed E-state index contributed by atoms with van der Waals surface area (Å²) in [5, 5.41) is 3.13. The molecule has 1 unspecified atom stereocenters. The van der Waals surface area contributed by atoms with Gasteiger partial charge in [-0.15, -0.1) is 0 Å². The molecular formula is C18H27NO4. The maximum absolute atomic E-state index is 12.6. The molecule has 0 radical (unpaired) electrons. The van der Waals surface area contributed by atoms with Gasteiger partial charge in [0.2, 0.25) is 0 Å². The van der Waals surface area contributed by atoms with Gasteiger partial charge >= 0.3 is 5.97 Å². The predicted molar refractivity (Wildman–Crippen MR) is 89.8 cm³/mol. The zero-order chi connectivity index (χ0) is 17.4. The zero-order valence-corrected chi connectivity index (χ0v) is 14.6. The van der Waals surface area contributed by atoms with Crippen molar-refractivity contribution in [2.45, 2.75) is 59.2 Å². The molecule has 1 N–H and O–H groups in total. The van der Waals surface area contributed by atoms with E-state index in [9.17, 15) is 9.59 Å². The Morgan fingerprint density at radius 2 is 1.70 bits per heavy atom. The van der Waals surface area contributed by atoms with E-state index in [1.54, 1.807) is 31.2 Å². The molecule has 0 aliphatic carbocycles. The Morgan fingerprint density at radius 3 is 2.17 bits per heavy atom. The van der Waals surface area contributed by atoms with E-state index in [1.807, 2.05) is 27.7 Å². The number of carbonyl (C=O) groups is 2. The van der Waals surface area contributed by atoms with Gasteiger partial charge in [-0.25, -0.2) is 0 Å². The highest BCUT2D eigenvalue weighted by atomic mass is 16.5. The molecule has 0 fully saturated rings. The normalized spacial score (nSPS) is 12.3. The summed E-state index contributed by atoms with van der Waals surface area (Å²) in [6.07, 6.45) is 0.102. The largest absolute Gasteiger partial charge is 0.491 e. The highest BCUT2D eigenvalue weighted by Gasteiger charge is 2.24. The van der Waals surface area contributed by atoms with Crippen LogP contribution in [0.25, 0.3) is 0 Å². The van der Waals surface area contributed by atoms with Gasteiger partial charge in [-0.1, -0.05) is 13.8 Å². The van der Waals surface area contributed by atoms with Crippen LogP contribution in [0.5, 0.6) is 5.75 Å². The first kappa shape index (κ1) is 19.2. The van der Waals surface area contributed by atoms with Crippen molar-refractivity contribution in [2.24, 2.45) is 0 Å². The quantitative estimate of drug-likeness (QED) is 0.559. The molecule has 0 spiro atoms. The van der Waals surface area contributed by atoms with Gasteiger partial charge in [-0.3, -0.25) is 9.59 Å². The standard InChI is InChI=1S/C18H27NO4/c1-6-22-17(20)11-16(19-12(2)3)18(21)14-7-9-15(10-8-14)23-13(4)5/h7-10,12-13,16,19H,6,11H2,1-5H3. The molecule has 0 heterocycles. The number of ketones is 1. The van der Waals surface area contributed by atoms with Gasteiger partial charge in [0, 0.05) is 11.6 Å². The number of hydrogen-bond donors (Lipinski definition) is 1. The number of hydrogen-bond acceptors (Lipinski definition) is 5. The molecule has 0 aliphatic rings. The number of ether oxygens (including phenoxy) is 2. The topological polar surface area (TPSA) is 64.6 Å². The molecule has 0 saturated carbocycles. The Labute approximate surface area is 138 Å². The van der Waals surface area contributed by atoms with E-state index in [1.165, 1.54) is 0 Å². The molecule has 23 heavy (non-hydrogen) atoms. The van der Waals surface area contributed by atoms with Crippen LogP contribution in [-0.4, -0.2) is 36.5 Å². The van der Waals surface area contributed by atoms with Crippen molar-refractivity contribution in [3.63, 3.8) is 0 Å². The predicted octanol–water partition coefficient (Wildman–Crippen LogP) is 2.98. The average Bonchev–Trinajstić information content (AvgIpc) is 2.46. The Balaban J connectivity index is 2.84. The molecule has 0 aliphatic heterocycles. The number of benzene rings is 1. The molecule has 0 saturated heterocycles. The maximum atomic E-state index is 12.6. The van der Waals surface area contributed by atoms with E-state index >= 15 is 0 Å². The van der Waals surface area contributed by atoms with E-state index in [2.05, 4.69) is 5.32 Å².